The smallest absolute Gasteiger partial charge is 0.133 e. The van der Waals surface area contributed by atoms with Crippen molar-refractivity contribution in [2.75, 3.05) is 24.6 Å². The first kappa shape index (κ1) is 11.4. The van der Waals surface area contributed by atoms with Crippen LogP contribution in [0.15, 0.2) is 12.3 Å². The van der Waals surface area contributed by atoms with E-state index in [-0.39, 0.29) is 6.61 Å². The highest BCUT2D eigenvalue weighted by atomic mass is 16.3. The lowest BCUT2D eigenvalue weighted by molar-refractivity contribution is 0.238. The molecule has 0 aliphatic carbocycles. The fourth-order valence-corrected chi connectivity index (χ4v) is 2.27. The Hall–Kier alpha value is -1.13. The Balaban J connectivity index is 2.24. The summed E-state index contributed by atoms with van der Waals surface area (Å²) in [7, 11) is 0. The van der Waals surface area contributed by atoms with E-state index >= 15 is 0 Å². The van der Waals surface area contributed by atoms with Gasteiger partial charge in [0.2, 0.25) is 0 Å². The van der Waals surface area contributed by atoms with Gasteiger partial charge < -0.3 is 15.7 Å². The Bertz CT molecular complexity index is 367. The molecule has 1 fully saturated rings. The van der Waals surface area contributed by atoms with Crippen molar-refractivity contribution in [3.05, 3.63) is 23.4 Å². The number of hydrogen-bond acceptors (Lipinski definition) is 4. The third-order valence-corrected chi connectivity index (χ3v) is 3.31. The van der Waals surface area contributed by atoms with E-state index in [1.807, 2.05) is 12.3 Å². The number of aliphatic hydroxyl groups is 1. The van der Waals surface area contributed by atoms with Crippen LogP contribution in [0.4, 0.5) is 5.82 Å². The fourth-order valence-electron chi connectivity index (χ4n) is 2.27. The third kappa shape index (κ3) is 2.03. The molecule has 0 bridgehead atoms. The number of rotatable bonds is 3. The lowest BCUT2D eigenvalue weighted by Gasteiger charge is -2.21. The number of aromatic nitrogens is 1. The Morgan fingerprint density at radius 1 is 1.62 bits per heavy atom. The van der Waals surface area contributed by atoms with E-state index in [1.165, 1.54) is 5.56 Å². The highest BCUT2D eigenvalue weighted by Crippen LogP contribution is 2.26. The second-order valence-electron chi connectivity index (χ2n) is 4.42. The van der Waals surface area contributed by atoms with Crippen LogP contribution in [0.1, 0.15) is 17.5 Å². The number of nitrogens with zero attached hydrogens (tertiary/aromatic N) is 2. The molecule has 3 N–H and O–H groups in total. The number of aliphatic hydroxyl groups excluding tert-OH is 1. The first-order valence-electron chi connectivity index (χ1n) is 5.76. The number of nitrogens with two attached hydrogens (primary N) is 1. The molecule has 1 unspecified atom stereocenters. The van der Waals surface area contributed by atoms with E-state index < -0.39 is 0 Å². The Kier molecular flexibility index (Phi) is 3.41. The maximum Gasteiger partial charge on any atom is 0.133 e. The van der Waals surface area contributed by atoms with Gasteiger partial charge in [-0.25, -0.2) is 4.98 Å². The van der Waals surface area contributed by atoms with Crippen molar-refractivity contribution in [1.82, 2.24) is 4.98 Å². The van der Waals surface area contributed by atoms with Gasteiger partial charge in [0.15, 0.2) is 0 Å². The molecule has 1 saturated heterocycles. The molecule has 1 aromatic rings. The third-order valence-electron chi connectivity index (χ3n) is 3.31. The van der Waals surface area contributed by atoms with Crippen LogP contribution in [-0.2, 0) is 6.54 Å². The van der Waals surface area contributed by atoms with Crippen LogP contribution in [0.2, 0.25) is 0 Å². The van der Waals surface area contributed by atoms with Gasteiger partial charge in [-0.05, 0) is 25.0 Å². The van der Waals surface area contributed by atoms with Crippen molar-refractivity contribution in [2.45, 2.75) is 19.9 Å². The normalized spacial score (nSPS) is 20.4. The van der Waals surface area contributed by atoms with Crippen molar-refractivity contribution in [3.63, 3.8) is 0 Å². The van der Waals surface area contributed by atoms with E-state index in [0.717, 1.165) is 30.9 Å². The standard InChI is InChI=1S/C12H19N3O/c1-9-2-4-14-12(11(9)6-13)15-5-3-10(7-15)8-16/h2,4,10,16H,3,5-8,13H2,1H3. The van der Waals surface area contributed by atoms with Crippen LogP contribution in [0, 0.1) is 12.8 Å². The molecule has 1 aromatic heterocycles. The molecule has 1 aliphatic heterocycles. The largest absolute Gasteiger partial charge is 0.396 e. The predicted octanol–water partition coefficient (Wildman–Crippen LogP) is 0.667. The highest BCUT2D eigenvalue weighted by molar-refractivity contribution is 5.51. The van der Waals surface area contributed by atoms with Crippen LogP contribution in [0.25, 0.3) is 0 Å². The molecule has 4 heteroatoms. The van der Waals surface area contributed by atoms with E-state index in [9.17, 15) is 0 Å². The molecule has 2 heterocycles. The lowest BCUT2D eigenvalue weighted by atomic mass is 10.1. The average Bonchev–Trinajstić information content (AvgIpc) is 2.77. The molecule has 0 saturated carbocycles. The molecule has 1 atom stereocenters. The summed E-state index contributed by atoms with van der Waals surface area (Å²) in [5.74, 6) is 1.38. The van der Waals surface area contributed by atoms with Gasteiger partial charge in [-0.3, -0.25) is 0 Å². The maximum absolute atomic E-state index is 9.14. The summed E-state index contributed by atoms with van der Waals surface area (Å²) in [4.78, 5) is 6.66. The minimum Gasteiger partial charge on any atom is -0.396 e. The van der Waals surface area contributed by atoms with Gasteiger partial charge >= 0.3 is 0 Å². The first-order chi connectivity index (χ1) is 7.76. The Labute approximate surface area is 96.1 Å². The van der Waals surface area contributed by atoms with Gasteiger partial charge in [-0.15, -0.1) is 0 Å². The second kappa shape index (κ2) is 4.80. The summed E-state index contributed by atoms with van der Waals surface area (Å²) in [5.41, 5.74) is 8.09. The molecule has 1 aliphatic rings. The minimum absolute atomic E-state index is 0.264. The van der Waals surface area contributed by atoms with Crippen molar-refractivity contribution >= 4 is 5.82 Å². The van der Waals surface area contributed by atoms with E-state index in [0.29, 0.717) is 12.5 Å². The zero-order valence-corrected chi connectivity index (χ0v) is 9.69. The van der Waals surface area contributed by atoms with Crippen LogP contribution in [0.3, 0.4) is 0 Å². The van der Waals surface area contributed by atoms with Gasteiger partial charge in [0.05, 0.1) is 0 Å². The fraction of sp³-hybridized carbons (Fsp3) is 0.583. The maximum atomic E-state index is 9.14. The zero-order valence-electron chi connectivity index (χ0n) is 9.69. The second-order valence-corrected chi connectivity index (χ2v) is 4.42. The number of hydrogen-bond donors (Lipinski definition) is 2. The molecule has 16 heavy (non-hydrogen) atoms. The van der Waals surface area contributed by atoms with Gasteiger partial charge in [0.25, 0.3) is 0 Å². The number of pyridine rings is 1. The Morgan fingerprint density at radius 3 is 3.06 bits per heavy atom. The monoisotopic (exact) mass is 221 g/mol. The van der Waals surface area contributed by atoms with Crippen molar-refractivity contribution in [2.24, 2.45) is 11.7 Å². The SMILES string of the molecule is Cc1ccnc(N2CCC(CO)C2)c1CN. The zero-order chi connectivity index (χ0) is 11.5. The molecule has 2 rings (SSSR count). The summed E-state index contributed by atoms with van der Waals surface area (Å²) in [5, 5.41) is 9.14. The topological polar surface area (TPSA) is 62.4 Å². The molecular formula is C12H19N3O. The summed E-state index contributed by atoms with van der Waals surface area (Å²) in [6.07, 6.45) is 2.87. The number of aryl methyl sites for hydroxylation is 1. The minimum atomic E-state index is 0.264. The van der Waals surface area contributed by atoms with Crippen molar-refractivity contribution in [3.8, 4) is 0 Å². The van der Waals surface area contributed by atoms with Crippen LogP contribution in [0.5, 0.6) is 0 Å². The quantitative estimate of drug-likeness (QED) is 0.787. The lowest BCUT2D eigenvalue weighted by Crippen LogP contribution is -2.24. The molecule has 0 spiro atoms. The predicted molar refractivity (Wildman–Crippen MR) is 64.3 cm³/mol. The van der Waals surface area contributed by atoms with E-state index in [1.54, 1.807) is 0 Å². The van der Waals surface area contributed by atoms with Gasteiger partial charge in [0.1, 0.15) is 5.82 Å². The molecule has 0 amide bonds. The van der Waals surface area contributed by atoms with Crippen LogP contribution >= 0.6 is 0 Å². The van der Waals surface area contributed by atoms with Crippen molar-refractivity contribution < 1.29 is 5.11 Å². The van der Waals surface area contributed by atoms with Crippen molar-refractivity contribution in [1.29, 1.82) is 0 Å². The van der Waals surface area contributed by atoms with E-state index in [4.69, 9.17) is 10.8 Å². The van der Waals surface area contributed by atoms with Crippen LogP contribution < -0.4 is 10.6 Å². The van der Waals surface area contributed by atoms with Gasteiger partial charge in [-0.1, -0.05) is 0 Å². The Morgan fingerprint density at radius 2 is 2.44 bits per heavy atom. The van der Waals surface area contributed by atoms with E-state index in [2.05, 4.69) is 16.8 Å². The van der Waals surface area contributed by atoms with Crippen LogP contribution in [-0.4, -0.2) is 29.8 Å². The molecule has 0 aromatic carbocycles. The van der Waals surface area contributed by atoms with Gasteiger partial charge in [0, 0.05) is 43.9 Å². The molecule has 4 nitrogen and oxygen atoms in total. The summed E-state index contributed by atoms with van der Waals surface area (Å²) >= 11 is 0. The summed E-state index contributed by atoms with van der Waals surface area (Å²) in [6, 6.07) is 1.99. The molecule has 88 valence electrons. The van der Waals surface area contributed by atoms with Gasteiger partial charge in [-0.2, -0.15) is 0 Å². The molecule has 0 radical (unpaired) electrons. The molecular weight excluding hydrogens is 202 g/mol. The average molecular weight is 221 g/mol. The summed E-state index contributed by atoms with van der Waals surface area (Å²) < 4.78 is 0. The summed E-state index contributed by atoms with van der Waals surface area (Å²) in [6.45, 7) is 4.71. The first-order valence-corrected chi connectivity index (χ1v) is 5.76. The number of anilines is 1. The highest BCUT2D eigenvalue weighted by Gasteiger charge is 2.24.